The van der Waals surface area contributed by atoms with Gasteiger partial charge >= 0.3 is 0 Å². The molecule has 1 heterocycles. The summed E-state index contributed by atoms with van der Waals surface area (Å²) in [6.45, 7) is 2.03. The quantitative estimate of drug-likeness (QED) is 0.123. The highest BCUT2D eigenvalue weighted by molar-refractivity contribution is 6.12. The molecule has 292 valence electrons. The van der Waals surface area contributed by atoms with Gasteiger partial charge in [0, 0.05) is 33.6 Å². The lowest BCUT2D eigenvalue weighted by atomic mass is 9.70. The lowest BCUT2D eigenvalue weighted by molar-refractivity contribution is 0.667. The fraction of sp³-hybridized carbons (Fsp3) is 0.0667. The van der Waals surface area contributed by atoms with E-state index in [1.807, 2.05) is 13.0 Å². The normalized spacial score (nSPS) is 16.5. The molecule has 1 unspecified atom stereocenters. The second-order valence-corrected chi connectivity index (χ2v) is 16.6. The molecule has 2 nitrogen and oxygen atoms in total. The van der Waals surface area contributed by atoms with Crippen molar-refractivity contribution in [1.82, 2.24) is 0 Å². The molecule has 0 fully saturated rings. The summed E-state index contributed by atoms with van der Waals surface area (Å²) < 4.78 is 6.99. The molecule has 4 aliphatic rings. The summed E-state index contributed by atoms with van der Waals surface area (Å²) in [6, 6.07) is 56.1. The first-order valence-corrected chi connectivity index (χ1v) is 21.5. The summed E-state index contributed by atoms with van der Waals surface area (Å²) >= 11 is 0. The maximum Gasteiger partial charge on any atom is 0.159 e. The fourth-order valence-corrected chi connectivity index (χ4v) is 10.8. The molecule has 1 aromatic heterocycles. The van der Waals surface area contributed by atoms with E-state index in [2.05, 4.69) is 205 Å². The summed E-state index contributed by atoms with van der Waals surface area (Å²) in [4.78, 5) is 2.37. The van der Waals surface area contributed by atoms with Gasteiger partial charge in [-0.2, -0.15) is 0 Å². The second kappa shape index (κ2) is 14.1. The lowest BCUT2D eigenvalue weighted by Crippen LogP contribution is -2.25. The van der Waals surface area contributed by atoms with Crippen LogP contribution in [-0.2, 0) is 5.41 Å². The van der Waals surface area contributed by atoms with Crippen LogP contribution in [0.5, 0.6) is 0 Å². The largest absolute Gasteiger partial charge is 0.453 e. The van der Waals surface area contributed by atoms with Crippen molar-refractivity contribution in [2.45, 2.75) is 18.8 Å². The van der Waals surface area contributed by atoms with Crippen LogP contribution >= 0.6 is 0 Å². The van der Waals surface area contributed by atoms with Crippen LogP contribution in [0.15, 0.2) is 222 Å². The molecule has 0 radical (unpaired) electrons. The molecule has 0 bridgehead atoms. The first kappa shape index (κ1) is 36.0. The zero-order valence-corrected chi connectivity index (χ0v) is 34.3. The van der Waals surface area contributed by atoms with Crippen LogP contribution in [0.2, 0.25) is 0 Å². The Bertz CT molecular complexity index is 3340. The number of fused-ring (bicyclic) bond motifs is 14. The van der Waals surface area contributed by atoms with E-state index in [0.29, 0.717) is 5.92 Å². The number of terminal acetylenes is 1. The van der Waals surface area contributed by atoms with E-state index in [1.54, 1.807) is 6.08 Å². The number of hydrogen-bond acceptors (Lipinski definition) is 2. The molecule has 62 heavy (non-hydrogen) atoms. The molecule has 1 spiro atoms. The van der Waals surface area contributed by atoms with E-state index < -0.39 is 0 Å². The van der Waals surface area contributed by atoms with Gasteiger partial charge in [-0.05, 0) is 123 Å². The minimum Gasteiger partial charge on any atom is -0.453 e. The van der Waals surface area contributed by atoms with Gasteiger partial charge < -0.3 is 9.32 Å². The van der Waals surface area contributed by atoms with Gasteiger partial charge in [-0.15, -0.1) is 6.42 Å². The molecule has 4 aliphatic carbocycles. The van der Waals surface area contributed by atoms with Crippen LogP contribution < -0.4 is 4.90 Å². The lowest BCUT2D eigenvalue weighted by Gasteiger charge is -2.31. The van der Waals surface area contributed by atoms with Crippen LogP contribution in [0.3, 0.4) is 0 Å². The van der Waals surface area contributed by atoms with Crippen molar-refractivity contribution in [3.63, 3.8) is 0 Å². The topological polar surface area (TPSA) is 16.4 Å². The van der Waals surface area contributed by atoms with Crippen molar-refractivity contribution in [3.8, 4) is 45.7 Å². The van der Waals surface area contributed by atoms with Gasteiger partial charge in [-0.3, -0.25) is 0 Å². The molecule has 2 heteroatoms. The predicted molar refractivity (Wildman–Crippen MR) is 258 cm³/mol. The van der Waals surface area contributed by atoms with Crippen molar-refractivity contribution < 1.29 is 4.42 Å². The third-order valence-electron chi connectivity index (χ3n) is 13.5. The first-order valence-electron chi connectivity index (χ1n) is 21.5. The van der Waals surface area contributed by atoms with Crippen LogP contribution in [0, 0.1) is 18.3 Å². The number of nitrogens with zero attached hydrogens (tertiary/aromatic N) is 1. The van der Waals surface area contributed by atoms with Gasteiger partial charge in [0.25, 0.3) is 0 Å². The molecule has 8 aromatic rings. The molecule has 1 atom stereocenters. The number of benzene rings is 7. The number of anilines is 2. The standard InChI is InChI=1S/C60H41NO/c1-3-5-16-39(4-2)46-22-14-23-51-52-24-15-28-57(59(52)62-58(46)51)61(45-35-31-40-17-6-7-18-42(40)37-45)44-33-29-41(30-34-44)43-32-36-50-49-21-10-13-27-55(49)60(56(50)38-43)53-25-11-8-19-47(53)48-20-9-12-26-54(48)60/h1,4-30,32-38,40H,31H2,2H3/b16-5-,39-4+. The van der Waals surface area contributed by atoms with Crippen molar-refractivity contribution in [2.75, 3.05) is 4.90 Å². The Hall–Kier alpha value is -7.86. The summed E-state index contributed by atoms with van der Waals surface area (Å²) in [7, 11) is 0. The molecule has 0 saturated heterocycles. The van der Waals surface area contributed by atoms with Crippen LogP contribution in [0.1, 0.15) is 41.2 Å². The van der Waals surface area contributed by atoms with Gasteiger partial charge in [0.05, 0.1) is 11.1 Å². The van der Waals surface area contributed by atoms with E-state index >= 15 is 0 Å². The smallest absolute Gasteiger partial charge is 0.159 e. The Morgan fingerprint density at radius 3 is 2.02 bits per heavy atom. The molecule has 12 rings (SSSR count). The fourth-order valence-electron chi connectivity index (χ4n) is 10.8. The zero-order valence-electron chi connectivity index (χ0n) is 34.3. The van der Waals surface area contributed by atoms with Crippen molar-refractivity contribution >= 4 is 38.9 Å². The van der Waals surface area contributed by atoms with Gasteiger partial charge in [0.1, 0.15) is 5.58 Å². The minimum absolute atomic E-state index is 0.376. The molecule has 0 amide bonds. The monoisotopic (exact) mass is 791 g/mol. The highest BCUT2D eigenvalue weighted by Crippen LogP contribution is 2.63. The summed E-state index contributed by atoms with van der Waals surface area (Å²) in [5.74, 6) is 3.02. The number of hydrogen-bond donors (Lipinski definition) is 0. The Labute approximate surface area is 362 Å². The van der Waals surface area contributed by atoms with Crippen molar-refractivity contribution in [2.24, 2.45) is 5.92 Å². The number of furan rings is 1. The van der Waals surface area contributed by atoms with E-state index in [0.717, 1.165) is 56.6 Å². The van der Waals surface area contributed by atoms with E-state index in [9.17, 15) is 0 Å². The Morgan fingerprint density at radius 1 is 0.677 bits per heavy atom. The molecular weight excluding hydrogens is 751 g/mol. The summed E-state index contributed by atoms with van der Waals surface area (Å²) in [5, 5.41) is 2.14. The predicted octanol–water partition coefficient (Wildman–Crippen LogP) is 15.3. The number of para-hydroxylation sites is 2. The maximum atomic E-state index is 6.99. The third-order valence-corrected chi connectivity index (χ3v) is 13.5. The first-order chi connectivity index (χ1) is 30.7. The van der Waals surface area contributed by atoms with E-state index in [4.69, 9.17) is 10.8 Å². The number of rotatable bonds is 6. The van der Waals surface area contributed by atoms with Crippen molar-refractivity contribution in [3.05, 3.63) is 245 Å². The van der Waals surface area contributed by atoms with E-state index in [-0.39, 0.29) is 5.41 Å². The SMILES string of the molecule is C#C/C=C\C(=C/C)c1cccc2c1oc1c(N(C3=CCC4C=CC=CC4=C3)c3ccc(-c4ccc5c(c4)C4(c6ccccc6-c6ccccc64)c4ccccc4-5)cc3)cccc12. The Balaban J connectivity index is 1.01. The summed E-state index contributed by atoms with van der Waals surface area (Å²) in [5.41, 5.74) is 20.9. The molecule has 7 aromatic carbocycles. The molecule has 0 aliphatic heterocycles. The van der Waals surface area contributed by atoms with Gasteiger partial charge in [0.15, 0.2) is 5.58 Å². The van der Waals surface area contributed by atoms with Gasteiger partial charge in [0.2, 0.25) is 0 Å². The molecule has 0 N–H and O–H groups in total. The average Bonchev–Trinajstić information content (AvgIpc) is 3.97. The average molecular weight is 792 g/mol. The third kappa shape index (κ3) is 5.19. The van der Waals surface area contributed by atoms with Crippen molar-refractivity contribution in [1.29, 1.82) is 0 Å². The van der Waals surface area contributed by atoms with Crippen LogP contribution in [-0.4, -0.2) is 0 Å². The second-order valence-electron chi connectivity index (χ2n) is 16.6. The van der Waals surface area contributed by atoms with Crippen LogP contribution in [0.4, 0.5) is 11.4 Å². The summed E-state index contributed by atoms with van der Waals surface area (Å²) in [6.07, 6.45) is 25.9. The highest BCUT2D eigenvalue weighted by atomic mass is 16.3. The maximum absolute atomic E-state index is 6.99. The number of allylic oxidation sites excluding steroid dienone is 11. The zero-order chi connectivity index (χ0) is 41.4. The molecule has 0 saturated carbocycles. The van der Waals surface area contributed by atoms with Gasteiger partial charge in [-0.1, -0.05) is 170 Å². The Morgan fingerprint density at radius 2 is 1.32 bits per heavy atom. The van der Waals surface area contributed by atoms with E-state index in [1.165, 1.54) is 61.2 Å². The van der Waals surface area contributed by atoms with Crippen LogP contribution in [0.25, 0.3) is 60.9 Å². The Kier molecular flexibility index (Phi) is 8.21. The minimum atomic E-state index is -0.385. The van der Waals surface area contributed by atoms with Gasteiger partial charge in [-0.25, -0.2) is 0 Å². The highest BCUT2D eigenvalue weighted by Gasteiger charge is 2.51. The molecular formula is C60H41NO.